The van der Waals surface area contributed by atoms with Crippen LogP contribution in [0.2, 0.25) is 0 Å². The molecule has 0 heterocycles. The second-order valence-corrected chi connectivity index (χ2v) is 3.86. The van der Waals surface area contributed by atoms with Gasteiger partial charge in [0, 0.05) is 0 Å². The molecule has 0 spiro atoms. The predicted octanol–water partition coefficient (Wildman–Crippen LogP) is 0.620. The minimum absolute atomic E-state index is 0.0919. The van der Waals surface area contributed by atoms with Crippen LogP contribution in [0.15, 0.2) is 12.2 Å². The zero-order chi connectivity index (χ0) is 7.44. The standard InChI is InChI=1S/C6H9O2.Na/c1-4-8-6(7)5(2)3;/h4H,2H2,1,3H3;. The normalized spacial score (nSPS) is 12.4. The van der Waals surface area contributed by atoms with E-state index in [0.29, 0.717) is 5.57 Å². The van der Waals surface area contributed by atoms with Gasteiger partial charge in [-0.1, -0.05) is 0 Å². The molecule has 0 aromatic carbocycles. The van der Waals surface area contributed by atoms with Crippen LogP contribution >= 0.6 is 0 Å². The molecule has 9 heavy (non-hydrogen) atoms. The van der Waals surface area contributed by atoms with Crippen molar-refractivity contribution in [3.8, 4) is 0 Å². The molecule has 3 heteroatoms. The molecule has 0 saturated carbocycles. The summed E-state index contributed by atoms with van der Waals surface area (Å²) in [6.07, 6.45) is 0. The van der Waals surface area contributed by atoms with E-state index >= 15 is 0 Å². The van der Waals surface area contributed by atoms with Crippen LogP contribution in [-0.4, -0.2) is 37.3 Å². The zero-order valence-corrected chi connectivity index (χ0v) is 8.10. The average Bonchev–Trinajstić information content (AvgIpc) is 1.63. The number of rotatable bonds is 2. The van der Waals surface area contributed by atoms with E-state index in [2.05, 4.69) is 6.58 Å². The van der Waals surface area contributed by atoms with Gasteiger partial charge < -0.3 is 0 Å². The fraction of sp³-hybridized carbons (Fsp3) is 0.500. The van der Waals surface area contributed by atoms with Crippen LogP contribution in [0.1, 0.15) is 13.8 Å². The second kappa shape index (κ2) is 4.09. The van der Waals surface area contributed by atoms with Gasteiger partial charge in [0.05, 0.1) is 0 Å². The molecule has 0 aliphatic rings. The van der Waals surface area contributed by atoms with Gasteiger partial charge in [-0.2, -0.15) is 0 Å². The van der Waals surface area contributed by atoms with E-state index in [0.717, 1.165) is 27.9 Å². The molecule has 0 N–H and O–H groups in total. The van der Waals surface area contributed by atoms with Crippen molar-refractivity contribution in [1.82, 2.24) is 0 Å². The summed E-state index contributed by atoms with van der Waals surface area (Å²) in [7, 11) is 0. The Bertz CT molecular complexity index is 129. The summed E-state index contributed by atoms with van der Waals surface area (Å²) in [6, 6.07) is 0. The molecule has 46 valence electrons. The Hall–Kier alpha value is 0.210. The van der Waals surface area contributed by atoms with Crippen LogP contribution in [-0.2, 0) is 9.53 Å². The molecule has 0 aromatic rings. The van der Waals surface area contributed by atoms with Gasteiger partial charge >= 0.3 is 72.8 Å². The van der Waals surface area contributed by atoms with Crippen LogP contribution in [0.3, 0.4) is 0 Å². The molecule has 0 aliphatic heterocycles. The SMILES string of the molecule is C=C(C)C(=O)O[CH](C)[Na]. The van der Waals surface area contributed by atoms with E-state index in [1.54, 1.807) is 6.92 Å². The first-order chi connectivity index (χ1) is 4.04. The van der Waals surface area contributed by atoms with Crippen molar-refractivity contribution in [3.05, 3.63) is 12.2 Å². The third-order valence-electron chi connectivity index (χ3n) is 0.691. The molecule has 0 amide bonds. The average molecular weight is 136 g/mol. The quantitative estimate of drug-likeness (QED) is 0.316. The molecular weight excluding hydrogens is 127 g/mol. The van der Waals surface area contributed by atoms with Gasteiger partial charge in [-0.05, 0) is 0 Å². The molecule has 0 aliphatic carbocycles. The molecular formula is C6H9NaO2. The first-order valence-corrected chi connectivity index (χ1v) is 4.06. The van der Waals surface area contributed by atoms with E-state index in [4.69, 9.17) is 4.74 Å². The van der Waals surface area contributed by atoms with Crippen molar-refractivity contribution < 1.29 is 9.53 Å². The zero-order valence-electron chi connectivity index (χ0n) is 6.10. The minimum atomic E-state index is -0.280. The van der Waals surface area contributed by atoms with Gasteiger partial charge in [-0.25, -0.2) is 0 Å². The molecule has 0 aromatic heterocycles. The summed E-state index contributed by atoms with van der Waals surface area (Å²) in [6.45, 7) is 6.96. The van der Waals surface area contributed by atoms with Gasteiger partial charge in [0.1, 0.15) is 0 Å². The first kappa shape index (κ1) is 9.21. The monoisotopic (exact) mass is 136 g/mol. The van der Waals surface area contributed by atoms with E-state index in [1.165, 1.54) is 0 Å². The van der Waals surface area contributed by atoms with E-state index in [1.807, 2.05) is 6.92 Å². The number of esters is 1. The third-order valence-corrected chi connectivity index (χ3v) is 0.927. The van der Waals surface area contributed by atoms with E-state index in [9.17, 15) is 4.79 Å². The third kappa shape index (κ3) is 4.70. The number of hydrogen-bond donors (Lipinski definition) is 0. The molecule has 0 rings (SSSR count). The van der Waals surface area contributed by atoms with Crippen molar-refractivity contribution >= 4 is 33.9 Å². The van der Waals surface area contributed by atoms with Crippen molar-refractivity contribution in [2.24, 2.45) is 0 Å². The van der Waals surface area contributed by atoms with Gasteiger partial charge in [-0.3, -0.25) is 0 Å². The van der Waals surface area contributed by atoms with Gasteiger partial charge in [0.15, 0.2) is 0 Å². The van der Waals surface area contributed by atoms with Crippen molar-refractivity contribution in [3.63, 3.8) is 0 Å². The fourth-order valence-corrected chi connectivity index (χ4v) is 0.529. The Balaban J connectivity index is 3.65. The molecule has 0 radical (unpaired) electrons. The Kier molecular flexibility index (Phi) is 4.19. The van der Waals surface area contributed by atoms with Crippen molar-refractivity contribution in [2.45, 2.75) is 17.2 Å². The second-order valence-electron chi connectivity index (χ2n) is 2.23. The maximum atomic E-state index is 10.7. The van der Waals surface area contributed by atoms with Crippen LogP contribution in [0.5, 0.6) is 0 Å². The summed E-state index contributed by atoms with van der Waals surface area (Å²) in [4.78, 5) is 10.7. The van der Waals surface area contributed by atoms with E-state index < -0.39 is 0 Å². The van der Waals surface area contributed by atoms with Gasteiger partial charge in [0.25, 0.3) is 0 Å². The van der Waals surface area contributed by atoms with Gasteiger partial charge in [0.2, 0.25) is 0 Å². The Morgan fingerprint density at radius 3 is 2.33 bits per heavy atom. The molecule has 0 saturated heterocycles. The summed E-state index contributed by atoms with van der Waals surface area (Å²) in [5.74, 6) is -0.280. The number of ether oxygens (including phenoxy) is 1. The van der Waals surface area contributed by atoms with Crippen LogP contribution < -0.4 is 0 Å². The predicted molar refractivity (Wildman–Crippen MR) is 36.1 cm³/mol. The topological polar surface area (TPSA) is 26.3 Å². The van der Waals surface area contributed by atoms with Gasteiger partial charge in [-0.15, -0.1) is 0 Å². The molecule has 1 unspecified atom stereocenters. The summed E-state index contributed by atoms with van der Waals surface area (Å²) >= 11 is 0.878. The maximum absolute atomic E-state index is 10.7. The Morgan fingerprint density at radius 1 is 1.78 bits per heavy atom. The molecule has 1 atom stereocenters. The Labute approximate surface area is 72.7 Å². The summed E-state index contributed by atoms with van der Waals surface area (Å²) < 4.78 is 4.93. The number of carbonyl (C=O) groups is 1. The molecule has 0 bridgehead atoms. The fourth-order valence-electron chi connectivity index (χ4n) is 0.315. The first-order valence-electron chi connectivity index (χ1n) is 2.90. The van der Waals surface area contributed by atoms with Crippen LogP contribution in [0.4, 0.5) is 0 Å². The van der Waals surface area contributed by atoms with Crippen LogP contribution in [0, 0.1) is 0 Å². The molecule has 2 nitrogen and oxygen atoms in total. The Morgan fingerprint density at radius 2 is 2.22 bits per heavy atom. The number of carbonyl (C=O) groups excluding carboxylic acids is 1. The van der Waals surface area contributed by atoms with E-state index in [-0.39, 0.29) is 9.32 Å². The number of hydrogen-bond acceptors (Lipinski definition) is 2. The van der Waals surface area contributed by atoms with Crippen molar-refractivity contribution in [2.75, 3.05) is 0 Å². The van der Waals surface area contributed by atoms with Crippen molar-refractivity contribution in [1.29, 1.82) is 0 Å². The van der Waals surface area contributed by atoms with Crippen LogP contribution in [0.25, 0.3) is 0 Å². The molecule has 0 fully saturated rings. The summed E-state index contributed by atoms with van der Waals surface area (Å²) in [5, 5.41) is 0. The summed E-state index contributed by atoms with van der Waals surface area (Å²) in [5.41, 5.74) is 0.470.